The summed E-state index contributed by atoms with van der Waals surface area (Å²) in [6, 6.07) is 1.89. The van der Waals surface area contributed by atoms with Crippen LogP contribution in [0.2, 0.25) is 0 Å². The van der Waals surface area contributed by atoms with Crippen molar-refractivity contribution < 1.29 is 30.4 Å². The third-order valence-corrected chi connectivity index (χ3v) is 4.76. The molecule has 0 amide bonds. The summed E-state index contributed by atoms with van der Waals surface area (Å²) in [5.41, 5.74) is 3.53. The van der Waals surface area contributed by atoms with E-state index < -0.39 is 45.7 Å². The molecular formula is C10H11BrClF5N2O2S. The minimum atomic E-state index is -4.76. The zero-order chi connectivity index (χ0) is 16.5. The summed E-state index contributed by atoms with van der Waals surface area (Å²) in [4.78, 5) is -0.787. The maximum Gasteiger partial charge on any atom is 0.416 e. The zero-order valence-electron chi connectivity index (χ0n) is 10.6. The van der Waals surface area contributed by atoms with Crippen LogP contribution >= 0.6 is 28.3 Å². The van der Waals surface area contributed by atoms with Gasteiger partial charge in [-0.3, -0.25) is 0 Å². The highest BCUT2D eigenvalue weighted by molar-refractivity contribution is 9.10. The van der Waals surface area contributed by atoms with Gasteiger partial charge in [0.05, 0.1) is 23.5 Å². The fraction of sp³-hybridized carbons (Fsp3) is 0.400. The number of hydrogen-bond donors (Lipinski definition) is 2. The van der Waals surface area contributed by atoms with Crippen LogP contribution in [0.3, 0.4) is 0 Å². The zero-order valence-corrected chi connectivity index (χ0v) is 13.8. The highest BCUT2D eigenvalue weighted by atomic mass is 79.9. The Kier molecular flexibility index (Phi) is 7.22. The highest BCUT2D eigenvalue weighted by Gasteiger charge is 2.34. The second-order valence-electron chi connectivity index (χ2n) is 4.03. The van der Waals surface area contributed by atoms with Crippen LogP contribution < -0.4 is 10.5 Å². The largest absolute Gasteiger partial charge is 0.416 e. The van der Waals surface area contributed by atoms with Crippen molar-refractivity contribution in [3.8, 4) is 0 Å². The Hall–Kier alpha value is -0.490. The molecule has 1 aromatic rings. The van der Waals surface area contributed by atoms with Gasteiger partial charge in [-0.2, -0.15) is 13.2 Å². The summed E-state index contributed by atoms with van der Waals surface area (Å²) >= 11 is 2.77. The van der Waals surface area contributed by atoms with E-state index in [4.69, 9.17) is 5.73 Å². The Balaban J connectivity index is 0.00000441. The first-order valence-corrected chi connectivity index (χ1v) is 7.61. The Labute approximate surface area is 137 Å². The number of rotatable bonds is 5. The Morgan fingerprint density at radius 1 is 1.18 bits per heavy atom. The third kappa shape index (κ3) is 5.61. The number of halogens is 7. The predicted octanol–water partition coefficient (Wildman–Crippen LogP) is 2.76. The maximum absolute atomic E-state index is 12.9. The lowest BCUT2D eigenvalue weighted by atomic mass is 10.2. The van der Waals surface area contributed by atoms with E-state index in [1.54, 1.807) is 0 Å². The van der Waals surface area contributed by atoms with Crippen LogP contribution in [0.5, 0.6) is 0 Å². The second-order valence-corrected chi connectivity index (χ2v) is 6.62. The van der Waals surface area contributed by atoms with E-state index in [2.05, 4.69) is 15.9 Å². The van der Waals surface area contributed by atoms with E-state index in [0.717, 1.165) is 6.07 Å². The van der Waals surface area contributed by atoms with Crippen molar-refractivity contribution in [1.29, 1.82) is 0 Å². The molecule has 1 rings (SSSR count). The van der Waals surface area contributed by atoms with E-state index in [1.165, 1.54) is 4.72 Å². The molecule has 0 fully saturated rings. The van der Waals surface area contributed by atoms with Crippen molar-refractivity contribution >= 4 is 38.4 Å². The molecule has 1 aromatic carbocycles. The Morgan fingerprint density at radius 2 is 1.73 bits per heavy atom. The van der Waals surface area contributed by atoms with Gasteiger partial charge in [0.15, 0.2) is 0 Å². The second kappa shape index (κ2) is 7.39. The van der Waals surface area contributed by atoms with Gasteiger partial charge in [0, 0.05) is 4.47 Å². The summed E-state index contributed by atoms with van der Waals surface area (Å²) in [7, 11) is -4.55. The van der Waals surface area contributed by atoms with Crippen molar-refractivity contribution in [1.82, 2.24) is 4.72 Å². The van der Waals surface area contributed by atoms with E-state index in [9.17, 15) is 30.4 Å². The van der Waals surface area contributed by atoms with Crippen LogP contribution in [0.25, 0.3) is 0 Å². The Bertz CT molecular complexity index is 624. The first kappa shape index (κ1) is 21.5. The van der Waals surface area contributed by atoms with Gasteiger partial charge >= 0.3 is 6.18 Å². The normalized spacial score (nSPS) is 12.9. The molecule has 0 saturated carbocycles. The molecule has 0 aromatic heterocycles. The van der Waals surface area contributed by atoms with E-state index >= 15 is 0 Å². The lowest BCUT2D eigenvalue weighted by Gasteiger charge is -2.16. The van der Waals surface area contributed by atoms with Gasteiger partial charge in [0.25, 0.3) is 5.92 Å². The molecular weight excluding hydrogens is 423 g/mol. The lowest BCUT2D eigenvalue weighted by molar-refractivity contribution is -0.137. The molecule has 0 saturated heterocycles. The van der Waals surface area contributed by atoms with Gasteiger partial charge in [0.2, 0.25) is 10.0 Å². The summed E-state index contributed by atoms with van der Waals surface area (Å²) in [5.74, 6) is -3.50. The fourth-order valence-corrected chi connectivity index (χ4v) is 3.29. The topological polar surface area (TPSA) is 72.2 Å². The minimum absolute atomic E-state index is 0. The number of benzene rings is 1. The van der Waals surface area contributed by atoms with Crippen molar-refractivity contribution in [3.63, 3.8) is 0 Å². The number of alkyl halides is 5. The molecule has 128 valence electrons. The van der Waals surface area contributed by atoms with Crippen molar-refractivity contribution in [2.75, 3.05) is 13.1 Å². The van der Waals surface area contributed by atoms with Gasteiger partial charge in [-0.05, 0) is 34.1 Å². The quantitative estimate of drug-likeness (QED) is 0.702. The van der Waals surface area contributed by atoms with Crippen molar-refractivity contribution in [2.45, 2.75) is 17.0 Å². The first-order chi connectivity index (χ1) is 9.39. The summed E-state index contributed by atoms with van der Waals surface area (Å²) in [5, 5.41) is 0. The van der Waals surface area contributed by atoms with Gasteiger partial charge < -0.3 is 5.73 Å². The third-order valence-electron chi connectivity index (χ3n) is 2.37. The van der Waals surface area contributed by atoms with Crippen LogP contribution in [-0.2, 0) is 16.2 Å². The molecule has 0 bridgehead atoms. The lowest BCUT2D eigenvalue weighted by Crippen LogP contribution is -2.41. The number of hydrogen-bond acceptors (Lipinski definition) is 3. The standard InChI is InChI=1S/C10H10BrF5N2O2S.ClH/c11-7-2-1-6(10(14,15)16)3-8(7)21(19,20)18-5-9(12,13)4-17;/h1-3,18H,4-5,17H2;1H. The molecule has 0 unspecified atom stereocenters. The summed E-state index contributed by atoms with van der Waals surface area (Å²) in [6.45, 7) is -2.41. The van der Waals surface area contributed by atoms with Crippen molar-refractivity contribution in [2.24, 2.45) is 5.73 Å². The molecule has 0 aliphatic rings. The molecule has 0 aliphatic carbocycles. The van der Waals surface area contributed by atoms with Crippen LogP contribution in [0.1, 0.15) is 5.56 Å². The minimum Gasteiger partial charge on any atom is -0.325 e. The van der Waals surface area contributed by atoms with E-state index in [-0.39, 0.29) is 16.9 Å². The molecule has 3 N–H and O–H groups in total. The average Bonchev–Trinajstić information content (AvgIpc) is 2.35. The van der Waals surface area contributed by atoms with Gasteiger partial charge in [0.1, 0.15) is 0 Å². The van der Waals surface area contributed by atoms with Crippen LogP contribution in [0, 0.1) is 0 Å². The maximum atomic E-state index is 12.9. The highest BCUT2D eigenvalue weighted by Crippen LogP contribution is 2.33. The molecule has 4 nitrogen and oxygen atoms in total. The fourth-order valence-electron chi connectivity index (χ4n) is 1.24. The predicted molar refractivity (Wildman–Crippen MR) is 75.6 cm³/mol. The Morgan fingerprint density at radius 3 is 2.18 bits per heavy atom. The van der Waals surface area contributed by atoms with Gasteiger partial charge in [-0.1, -0.05) is 0 Å². The van der Waals surface area contributed by atoms with Crippen molar-refractivity contribution in [3.05, 3.63) is 28.2 Å². The monoisotopic (exact) mass is 432 g/mol. The van der Waals surface area contributed by atoms with E-state index in [0.29, 0.717) is 12.1 Å². The molecule has 0 heterocycles. The molecule has 22 heavy (non-hydrogen) atoms. The SMILES string of the molecule is Cl.NCC(F)(F)CNS(=O)(=O)c1cc(C(F)(F)F)ccc1Br. The average molecular weight is 434 g/mol. The number of nitrogens with two attached hydrogens (primary N) is 1. The van der Waals surface area contributed by atoms with Crippen LogP contribution in [0.15, 0.2) is 27.6 Å². The van der Waals surface area contributed by atoms with Crippen LogP contribution in [-0.4, -0.2) is 27.4 Å². The smallest absolute Gasteiger partial charge is 0.325 e. The number of nitrogens with one attached hydrogen (secondary N) is 1. The summed E-state index contributed by atoms with van der Waals surface area (Å²) < 4.78 is 88.5. The molecule has 0 radical (unpaired) electrons. The molecule has 0 spiro atoms. The van der Waals surface area contributed by atoms with Crippen LogP contribution in [0.4, 0.5) is 22.0 Å². The van der Waals surface area contributed by atoms with Gasteiger partial charge in [-0.15, -0.1) is 12.4 Å². The molecule has 0 atom stereocenters. The number of sulfonamides is 1. The molecule has 0 aliphatic heterocycles. The molecule has 12 heteroatoms. The first-order valence-electron chi connectivity index (χ1n) is 5.33. The van der Waals surface area contributed by atoms with Gasteiger partial charge in [-0.25, -0.2) is 21.9 Å². The van der Waals surface area contributed by atoms with E-state index in [1.807, 2.05) is 0 Å². The summed E-state index contributed by atoms with van der Waals surface area (Å²) in [6.07, 6.45) is -4.76.